The van der Waals surface area contributed by atoms with Crippen LogP contribution in [0, 0.1) is 0 Å². The summed E-state index contributed by atoms with van der Waals surface area (Å²) in [5, 5.41) is 3.13. The number of nitrogens with one attached hydrogen (secondary N) is 1. The molecule has 1 N–H and O–H groups in total. The summed E-state index contributed by atoms with van der Waals surface area (Å²) in [4.78, 5) is 17.4. The van der Waals surface area contributed by atoms with Crippen LogP contribution in [0.4, 0.5) is 5.69 Å². The Labute approximate surface area is 194 Å². The first kappa shape index (κ1) is 21.5. The van der Waals surface area contributed by atoms with Crippen molar-refractivity contribution in [1.82, 2.24) is 9.80 Å². The SMILES string of the molecule is O=C(CN1CCN(Cc2ccc3c(c2)OCO3)CC1)Nc1ccccc1Cc1ccccc1. The molecule has 6 heteroatoms. The minimum absolute atomic E-state index is 0.0414. The van der Waals surface area contributed by atoms with Crippen molar-refractivity contribution in [2.75, 3.05) is 44.8 Å². The Bertz CT molecular complexity index is 1090. The number of carbonyl (C=O) groups is 1. The maximum absolute atomic E-state index is 12.8. The fourth-order valence-electron chi connectivity index (χ4n) is 4.41. The maximum Gasteiger partial charge on any atom is 0.238 e. The molecule has 170 valence electrons. The second-order valence-electron chi connectivity index (χ2n) is 8.61. The number of carbonyl (C=O) groups excluding carboxylic acids is 1. The number of fused-ring (bicyclic) bond motifs is 1. The van der Waals surface area contributed by atoms with E-state index >= 15 is 0 Å². The summed E-state index contributed by atoms with van der Waals surface area (Å²) in [6, 6.07) is 24.5. The minimum Gasteiger partial charge on any atom is -0.454 e. The van der Waals surface area contributed by atoms with Crippen LogP contribution in [-0.4, -0.2) is 55.2 Å². The number of ether oxygens (including phenoxy) is 2. The molecule has 0 spiro atoms. The molecule has 3 aromatic carbocycles. The highest BCUT2D eigenvalue weighted by Crippen LogP contribution is 2.32. The number of hydrogen-bond donors (Lipinski definition) is 1. The van der Waals surface area contributed by atoms with Crippen molar-refractivity contribution < 1.29 is 14.3 Å². The van der Waals surface area contributed by atoms with Crippen LogP contribution in [0.25, 0.3) is 0 Å². The van der Waals surface area contributed by atoms with Crippen LogP contribution >= 0.6 is 0 Å². The number of anilines is 1. The van der Waals surface area contributed by atoms with Crippen LogP contribution in [0.15, 0.2) is 72.8 Å². The lowest BCUT2D eigenvalue weighted by Gasteiger charge is -2.34. The zero-order valence-electron chi connectivity index (χ0n) is 18.7. The molecule has 0 radical (unpaired) electrons. The van der Waals surface area contributed by atoms with E-state index in [1.165, 1.54) is 11.1 Å². The first-order valence-corrected chi connectivity index (χ1v) is 11.5. The minimum atomic E-state index is 0.0414. The van der Waals surface area contributed by atoms with Crippen molar-refractivity contribution in [3.63, 3.8) is 0 Å². The van der Waals surface area contributed by atoms with Gasteiger partial charge in [0.2, 0.25) is 12.7 Å². The zero-order valence-corrected chi connectivity index (χ0v) is 18.7. The van der Waals surface area contributed by atoms with Crippen molar-refractivity contribution in [2.45, 2.75) is 13.0 Å². The number of amides is 1. The highest BCUT2D eigenvalue weighted by Gasteiger charge is 2.21. The van der Waals surface area contributed by atoms with E-state index in [0.29, 0.717) is 13.3 Å². The molecule has 0 atom stereocenters. The van der Waals surface area contributed by atoms with Crippen LogP contribution in [-0.2, 0) is 17.8 Å². The highest BCUT2D eigenvalue weighted by atomic mass is 16.7. The number of nitrogens with zero attached hydrogens (tertiary/aromatic N) is 2. The monoisotopic (exact) mass is 443 g/mol. The summed E-state index contributed by atoms with van der Waals surface area (Å²) in [6.45, 7) is 5.23. The Morgan fingerprint density at radius 3 is 2.36 bits per heavy atom. The molecule has 1 saturated heterocycles. The van der Waals surface area contributed by atoms with Gasteiger partial charge < -0.3 is 14.8 Å². The Morgan fingerprint density at radius 1 is 0.788 bits per heavy atom. The quantitative estimate of drug-likeness (QED) is 0.603. The Morgan fingerprint density at radius 2 is 1.52 bits per heavy atom. The molecule has 1 fully saturated rings. The van der Waals surface area contributed by atoms with E-state index in [9.17, 15) is 4.79 Å². The number of piperazine rings is 1. The third-order valence-electron chi connectivity index (χ3n) is 6.20. The summed E-state index contributed by atoms with van der Waals surface area (Å²) < 4.78 is 10.9. The lowest BCUT2D eigenvalue weighted by molar-refractivity contribution is -0.117. The standard InChI is InChI=1S/C27H29N3O3/c31-27(28-24-9-5-4-8-23(24)16-21-6-2-1-3-7-21)19-30-14-12-29(13-15-30)18-22-10-11-25-26(17-22)33-20-32-25/h1-11,17H,12-16,18-20H2,(H,28,31). The number of rotatable bonds is 7. The molecular weight excluding hydrogens is 414 g/mol. The van der Waals surface area contributed by atoms with Gasteiger partial charge in [-0.25, -0.2) is 0 Å². The van der Waals surface area contributed by atoms with E-state index in [1.807, 2.05) is 42.5 Å². The average molecular weight is 444 g/mol. The van der Waals surface area contributed by atoms with Crippen molar-refractivity contribution in [3.8, 4) is 11.5 Å². The van der Waals surface area contributed by atoms with Gasteiger partial charge in [-0.05, 0) is 41.3 Å². The molecule has 1 amide bonds. The predicted molar refractivity (Wildman–Crippen MR) is 129 cm³/mol. The lowest BCUT2D eigenvalue weighted by Crippen LogP contribution is -2.48. The van der Waals surface area contributed by atoms with Crippen molar-refractivity contribution >= 4 is 11.6 Å². The molecule has 0 aliphatic carbocycles. The third kappa shape index (κ3) is 5.53. The molecule has 0 aromatic heterocycles. The van der Waals surface area contributed by atoms with E-state index in [0.717, 1.165) is 61.9 Å². The Kier molecular flexibility index (Phi) is 6.56. The molecule has 2 heterocycles. The summed E-state index contributed by atoms with van der Waals surface area (Å²) >= 11 is 0. The van der Waals surface area contributed by atoms with Gasteiger partial charge in [-0.1, -0.05) is 54.6 Å². The molecule has 6 nitrogen and oxygen atoms in total. The number of hydrogen-bond acceptors (Lipinski definition) is 5. The highest BCUT2D eigenvalue weighted by molar-refractivity contribution is 5.93. The second-order valence-corrected chi connectivity index (χ2v) is 8.61. The largest absolute Gasteiger partial charge is 0.454 e. The van der Waals surface area contributed by atoms with Gasteiger partial charge in [0.1, 0.15) is 0 Å². The van der Waals surface area contributed by atoms with Gasteiger partial charge in [-0.3, -0.25) is 14.6 Å². The molecule has 2 aliphatic heterocycles. The van der Waals surface area contributed by atoms with Gasteiger partial charge in [0.15, 0.2) is 11.5 Å². The normalized spacial score (nSPS) is 16.0. The van der Waals surface area contributed by atoms with Crippen LogP contribution in [0.1, 0.15) is 16.7 Å². The van der Waals surface area contributed by atoms with Gasteiger partial charge in [0, 0.05) is 38.4 Å². The molecule has 2 aliphatic rings. The lowest BCUT2D eigenvalue weighted by atomic mass is 10.0. The van der Waals surface area contributed by atoms with Crippen molar-refractivity contribution in [1.29, 1.82) is 0 Å². The smallest absolute Gasteiger partial charge is 0.238 e. The van der Waals surface area contributed by atoms with E-state index in [4.69, 9.17) is 9.47 Å². The van der Waals surface area contributed by atoms with Gasteiger partial charge in [-0.2, -0.15) is 0 Å². The van der Waals surface area contributed by atoms with Crippen molar-refractivity contribution in [3.05, 3.63) is 89.5 Å². The van der Waals surface area contributed by atoms with Crippen LogP contribution in [0.2, 0.25) is 0 Å². The van der Waals surface area contributed by atoms with E-state index in [2.05, 4.69) is 45.4 Å². The fraction of sp³-hybridized carbons (Fsp3) is 0.296. The molecule has 0 saturated carbocycles. The third-order valence-corrected chi connectivity index (χ3v) is 6.20. The summed E-state index contributed by atoms with van der Waals surface area (Å²) in [7, 11) is 0. The number of benzene rings is 3. The van der Waals surface area contributed by atoms with Crippen molar-refractivity contribution in [2.24, 2.45) is 0 Å². The van der Waals surface area contributed by atoms with Gasteiger partial charge >= 0.3 is 0 Å². The topological polar surface area (TPSA) is 54.0 Å². The summed E-state index contributed by atoms with van der Waals surface area (Å²) in [5.74, 6) is 1.69. The summed E-state index contributed by atoms with van der Waals surface area (Å²) in [6.07, 6.45) is 0.801. The number of para-hydroxylation sites is 1. The molecule has 5 rings (SSSR count). The molecular formula is C27H29N3O3. The Balaban J connectivity index is 1.11. The average Bonchev–Trinajstić information content (AvgIpc) is 3.30. The van der Waals surface area contributed by atoms with Gasteiger partial charge in [0.25, 0.3) is 0 Å². The fourth-order valence-corrected chi connectivity index (χ4v) is 4.41. The van der Waals surface area contributed by atoms with Gasteiger partial charge in [-0.15, -0.1) is 0 Å². The maximum atomic E-state index is 12.8. The van der Waals surface area contributed by atoms with Gasteiger partial charge in [0.05, 0.1) is 6.54 Å². The van der Waals surface area contributed by atoms with Crippen LogP contribution < -0.4 is 14.8 Å². The molecule has 0 bridgehead atoms. The first-order chi connectivity index (χ1) is 16.2. The molecule has 33 heavy (non-hydrogen) atoms. The van der Waals surface area contributed by atoms with E-state index in [1.54, 1.807) is 0 Å². The molecule has 0 unspecified atom stereocenters. The Hall–Kier alpha value is -3.35. The van der Waals surface area contributed by atoms with E-state index in [-0.39, 0.29) is 5.91 Å². The first-order valence-electron chi connectivity index (χ1n) is 11.5. The van der Waals surface area contributed by atoms with Crippen LogP contribution in [0.3, 0.4) is 0 Å². The second kappa shape index (κ2) is 10.1. The summed E-state index contributed by atoms with van der Waals surface area (Å²) in [5.41, 5.74) is 4.48. The van der Waals surface area contributed by atoms with E-state index < -0.39 is 0 Å². The predicted octanol–water partition coefficient (Wildman–Crippen LogP) is 3.76. The molecule has 3 aromatic rings. The zero-order chi connectivity index (χ0) is 22.5. The van der Waals surface area contributed by atoms with Crippen LogP contribution in [0.5, 0.6) is 11.5 Å².